The molecule has 0 aromatic heterocycles. The van der Waals surface area contributed by atoms with Crippen molar-refractivity contribution in [3.8, 4) is 5.75 Å². The van der Waals surface area contributed by atoms with Gasteiger partial charge in [0.15, 0.2) is 11.6 Å². The smallest absolute Gasteiger partial charge is 0.190 e. The van der Waals surface area contributed by atoms with Crippen molar-refractivity contribution >= 4 is 24.2 Å². The molecule has 0 saturated carbocycles. The van der Waals surface area contributed by atoms with Crippen LogP contribution in [-0.4, -0.2) is 27.2 Å². The number of phenolic OH excluding ortho intramolecular Hbond substituents is 1. The van der Waals surface area contributed by atoms with Crippen molar-refractivity contribution in [2.45, 2.75) is 12.4 Å². The van der Waals surface area contributed by atoms with E-state index in [-0.39, 0.29) is 28.4 Å². The van der Waals surface area contributed by atoms with E-state index < -0.39 is 5.44 Å². The molecule has 1 aliphatic rings. The zero-order chi connectivity index (χ0) is 13.0. The average molecular weight is 252 g/mol. The largest absolute Gasteiger partial charge is 0.507 e. The number of rotatable bonds is 0. The Balaban J connectivity index is 0.000000317. The number of aliphatic hydroxyl groups excluding tert-OH is 1. The minimum atomic E-state index is -0.472. The van der Waals surface area contributed by atoms with Crippen molar-refractivity contribution in [3.63, 3.8) is 0 Å². The fourth-order valence-electron chi connectivity index (χ4n) is 1.33. The van der Waals surface area contributed by atoms with Gasteiger partial charge in [-0.05, 0) is 25.1 Å². The molecule has 0 spiro atoms. The molecule has 1 atom stereocenters. The summed E-state index contributed by atoms with van der Waals surface area (Å²) in [6.07, 6.45) is 2.38. The second kappa shape index (κ2) is 5.65. The number of carbonyl (C=O) groups is 2. The summed E-state index contributed by atoms with van der Waals surface area (Å²) < 4.78 is 0. The first-order valence-electron chi connectivity index (χ1n) is 4.88. The Hall–Kier alpha value is -1.59. The van der Waals surface area contributed by atoms with Gasteiger partial charge in [0, 0.05) is 5.56 Å². The predicted octanol–water partition coefficient (Wildman–Crippen LogP) is 1.58. The normalized spacial score (nSPS) is 14.8. The fraction of sp³-hybridized carbons (Fsp3) is 0.167. The van der Waals surface area contributed by atoms with Crippen LogP contribution >= 0.6 is 12.6 Å². The number of hydrogen-bond donors (Lipinski definition) is 3. The number of aromatic hydroxyl groups is 1. The van der Waals surface area contributed by atoms with E-state index in [2.05, 4.69) is 12.6 Å². The molecular formula is C12H12O4S. The van der Waals surface area contributed by atoms with Crippen molar-refractivity contribution in [2.24, 2.45) is 0 Å². The van der Waals surface area contributed by atoms with Crippen molar-refractivity contribution in [1.82, 2.24) is 0 Å². The molecule has 0 saturated heterocycles. The van der Waals surface area contributed by atoms with Gasteiger partial charge in [-0.3, -0.25) is 9.59 Å². The van der Waals surface area contributed by atoms with Crippen LogP contribution < -0.4 is 0 Å². The second-order valence-electron chi connectivity index (χ2n) is 3.39. The molecule has 1 unspecified atom stereocenters. The van der Waals surface area contributed by atoms with Gasteiger partial charge < -0.3 is 10.2 Å². The van der Waals surface area contributed by atoms with Gasteiger partial charge >= 0.3 is 0 Å². The summed E-state index contributed by atoms with van der Waals surface area (Å²) in [7, 11) is 0. The number of fused-ring (bicyclic) bond motifs is 1. The first kappa shape index (κ1) is 13.5. The molecule has 0 radical (unpaired) electrons. The topological polar surface area (TPSA) is 74.6 Å². The second-order valence-corrected chi connectivity index (χ2v) is 4.14. The van der Waals surface area contributed by atoms with Crippen molar-refractivity contribution in [1.29, 1.82) is 0 Å². The number of carbonyl (C=O) groups excluding carboxylic acids is 2. The summed E-state index contributed by atoms with van der Waals surface area (Å²) in [6, 6.07) is 4.46. The zero-order valence-corrected chi connectivity index (χ0v) is 10.0. The van der Waals surface area contributed by atoms with Crippen LogP contribution in [0, 0.1) is 0 Å². The minimum absolute atomic E-state index is 0.106. The summed E-state index contributed by atoms with van der Waals surface area (Å²) in [5.74, 6) is -0.710. The van der Waals surface area contributed by atoms with E-state index in [0.717, 1.165) is 0 Å². The van der Waals surface area contributed by atoms with Gasteiger partial charge in [-0.2, -0.15) is 0 Å². The Labute approximate surface area is 104 Å². The first-order valence-corrected chi connectivity index (χ1v) is 5.40. The van der Waals surface area contributed by atoms with Crippen LogP contribution in [0.25, 0.3) is 0 Å². The van der Waals surface area contributed by atoms with E-state index in [9.17, 15) is 14.7 Å². The standard InChI is InChI=1S/C10H6O3.C2H6OS/c11-7-4-5-9(13)10-6(7)2-1-3-8(10)12;1-2(3)4/h1-5,12H;2-4H,1H3. The SMILES string of the molecule is CC(O)S.O=C1C=CC(=O)c2c(O)cccc21. The number of aliphatic hydroxyl groups is 1. The summed E-state index contributed by atoms with van der Waals surface area (Å²) in [4.78, 5) is 22.5. The Morgan fingerprint density at radius 3 is 2.24 bits per heavy atom. The zero-order valence-electron chi connectivity index (χ0n) is 9.12. The molecule has 1 aromatic rings. The van der Waals surface area contributed by atoms with Crippen LogP contribution in [0.5, 0.6) is 5.75 Å². The Kier molecular flexibility index (Phi) is 4.48. The van der Waals surface area contributed by atoms with Gasteiger partial charge in [-0.1, -0.05) is 12.1 Å². The average Bonchev–Trinajstić information content (AvgIpc) is 2.23. The van der Waals surface area contributed by atoms with Crippen LogP contribution in [-0.2, 0) is 0 Å². The van der Waals surface area contributed by atoms with Gasteiger partial charge in [-0.25, -0.2) is 0 Å². The third-order valence-corrected chi connectivity index (χ3v) is 1.94. The molecule has 17 heavy (non-hydrogen) atoms. The van der Waals surface area contributed by atoms with Crippen LogP contribution in [0.4, 0.5) is 0 Å². The van der Waals surface area contributed by atoms with E-state index in [0.29, 0.717) is 0 Å². The lowest BCUT2D eigenvalue weighted by Gasteiger charge is -2.09. The molecule has 0 heterocycles. The van der Waals surface area contributed by atoms with Gasteiger partial charge in [0.05, 0.1) is 11.0 Å². The number of allylic oxidation sites excluding steroid dienone is 2. The maximum absolute atomic E-state index is 11.3. The summed E-state index contributed by atoms with van der Waals surface area (Å²) in [5, 5.41) is 17.3. The van der Waals surface area contributed by atoms with Gasteiger partial charge in [0.2, 0.25) is 0 Å². The van der Waals surface area contributed by atoms with Gasteiger partial charge in [0.25, 0.3) is 0 Å². The molecule has 0 aliphatic heterocycles. The van der Waals surface area contributed by atoms with Crippen molar-refractivity contribution in [3.05, 3.63) is 41.5 Å². The highest BCUT2D eigenvalue weighted by atomic mass is 32.1. The van der Waals surface area contributed by atoms with E-state index in [1.165, 1.54) is 24.3 Å². The molecule has 90 valence electrons. The molecule has 1 aromatic carbocycles. The van der Waals surface area contributed by atoms with Gasteiger partial charge in [0.1, 0.15) is 5.75 Å². The molecular weight excluding hydrogens is 240 g/mol. The van der Waals surface area contributed by atoms with E-state index in [4.69, 9.17) is 5.11 Å². The molecule has 1 aliphatic carbocycles. The minimum Gasteiger partial charge on any atom is -0.507 e. The fourth-order valence-corrected chi connectivity index (χ4v) is 1.33. The molecule has 0 amide bonds. The Morgan fingerprint density at radius 2 is 1.71 bits per heavy atom. The quantitative estimate of drug-likeness (QED) is 0.484. The van der Waals surface area contributed by atoms with E-state index in [1.807, 2.05) is 0 Å². The highest BCUT2D eigenvalue weighted by molar-refractivity contribution is 7.80. The number of hydrogen-bond acceptors (Lipinski definition) is 5. The summed E-state index contributed by atoms with van der Waals surface area (Å²) in [6.45, 7) is 1.59. The molecule has 0 bridgehead atoms. The molecule has 0 fully saturated rings. The number of benzene rings is 1. The Morgan fingerprint density at radius 1 is 1.18 bits per heavy atom. The monoisotopic (exact) mass is 252 g/mol. The lowest BCUT2D eigenvalue weighted by molar-refractivity contribution is 0.0991. The van der Waals surface area contributed by atoms with E-state index in [1.54, 1.807) is 13.0 Å². The first-order chi connectivity index (χ1) is 7.93. The molecule has 4 nitrogen and oxygen atoms in total. The number of phenols is 1. The Bertz CT molecular complexity index is 475. The van der Waals surface area contributed by atoms with Crippen molar-refractivity contribution in [2.75, 3.05) is 0 Å². The summed E-state index contributed by atoms with van der Waals surface area (Å²) in [5.41, 5.74) is -0.0949. The highest BCUT2D eigenvalue weighted by Crippen LogP contribution is 2.25. The van der Waals surface area contributed by atoms with Crippen molar-refractivity contribution < 1.29 is 19.8 Å². The van der Waals surface area contributed by atoms with Crippen LogP contribution in [0.3, 0.4) is 0 Å². The predicted molar refractivity (Wildman–Crippen MR) is 66.6 cm³/mol. The lowest BCUT2D eigenvalue weighted by Crippen LogP contribution is -2.11. The maximum atomic E-state index is 11.3. The number of thiol groups is 1. The van der Waals surface area contributed by atoms with Crippen LogP contribution in [0.1, 0.15) is 27.6 Å². The third kappa shape index (κ3) is 3.44. The maximum Gasteiger partial charge on any atom is 0.190 e. The lowest BCUT2D eigenvalue weighted by atomic mass is 9.94. The molecule has 2 rings (SSSR count). The molecule has 5 heteroatoms. The molecule has 2 N–H and O–H groups in total. The van der Waals surface area contributed by atoms with E-state index >= 15 is 0 Å². The van der Waals surface area contributed by atoms with Crippen LogP contribution in [0.15, 0.2) is 30.4 Å². The van der Waals surface area contributed by atoms with Gasteiger partial charge in [-0.15, -0.1) is 12.6 Å². The third-order valence-electron chi connectivity index (χ3n) is 1.94. The van der Waals surface area contributed by atoms with Crippen LogP contribution in [0.2, 0.25) is 0 Å². The summed E-state index contributed by atoms with van der Waals surface area (Å²) >= 11 is 3.52. The number of ketones is 2. The highest BCUT2D eigenvalue weighted by Gasteiger charge is 2.21.